The first-order valence-corrected chi connectivity index (χ1v) is 24.1. The van der Waals surface area contributed by atoms with Crippen molar-refractivity contribution in [1.82, 2.24) is 4.98 Å². The van der Waals surface area contributed by atoms with Gasteiger partial charge in [-0.3, -0.25) is 0 Å². The molecular formula is C59H69N. The van der Waals surface area contributed by atoms with Crippen LogP contribution in [0.25, 0.3) is 44.8 Å². The standard InChI is InChI=1S/C59H69N/c1-36-12-14-50(44-24-46(56(3,4)5)28-48(26-44)58-30-38-18-39(31-58)20-40(19-38)32-58)52(16-36)54-10-9-11-55(60-54)53-17-37(2)13-15-51(53)45-25-47(57(6,7)8)29-49(27-45)59-33-41-21-42(34-59)23-43(22-41)35-59/h9-17,24-29,38-43H,18-23,30-35H2,1-8H3. The van der Waals surface area contributed by atoms with Crippen molar-refractivity contribution >= 4 is 0 Å². The Kier molecular flexibility index (Phi) is 8.93. The number of nitrogens with zero attached hydrogens (tertiary/aromatic N) is 1. The second-order valence-electron chi connectivity index (χ2n) is 24.0. The second kappa shape index (κ2) is 13.8. The molecule has 0 amide bonds. The van der Waals surface area contributed by atoms with Gasteiger partial charge >= 0.3 is 0 Å². The molecule has 1 nitrogen and oxygen atoms in total. The summed E-state index contributed by atoms with van der Waals surface area (Å²) in [4.78, 5) is 5.66. The van der Waals surface area contributed by atoms with Gasteiger partial charge in [0.1, 0.15) is 0 Å². The van der Waals surface area contributed by atoms with Crippen molar-refractivity contribution in [2.24, 2.45) is 35.5 Å². The Morgan fingerprint density at radius 1 is 0.417 bits per heavy atom. The van der Waals surface area contributed by atoms with Gasteiger partial charge < -0.3 is 0 Å². The van der Waals surface area contributed by atoms with Gasteiger partial charge in [-0.15, -0.1) is 0 Å². The average molecular weight is 792 g/mol. The fourth-order valence-electron chi connectivity index (χ4n) is 15.0. The zero-order chi connectivity index (χ0) is 41.3. The largest absolute Gasteiger partial charge is 0.248 e. The van der Waals surface area contributed by atoms with Crippen LogP contribution in [0.5, 0.6) is 0 Å². The SMILES string of the molecule is Cc1ccc(-c2cc(C(C)(C)C)cc(C34CC5CC(CC(C5)C3)C4)c2)c(-c2cccc(-c3cc(C)ccc3-c3cc(C(C)(C)C)cc(C45CC6CC(CC(C6)C4)C5)c3)n2)c1. The fraction of sp³-hybridized carbons (Fsp3) is 0.508. The van der Waals surface area contributed by atoms with Crippen LogP contribution >= 0.6 is 0 Å². The van der Waals surface area contributed by atoms with E-state index >= 15 is 0 Å². The smallest absolute Gasteiger partial charge is 0.0715 e. The van der Waals surface area contributed by atoms with Crippen molar-refractivity contribution in [2.45, 2.75) is 154 Å². The third-order valence-electron chi connectivity index (χ3n) is 17.2. The molecule has 60 heavy (non-hydrogen) atoms. The molecule has 0 unspecified atom stereocenters. The highest BCUT2D eigenvalue weighted by atomic mass is 14.7. The maximum absolute atomic E-state index is 5.66. The quantitative estimate of drug-likeness (QED) is 0.167. The van der Waals surface area contributed by atoms with Crippen LogP contribution in [-0.2, 0) is 21.7 Å². The molecule has 5 aromatic rings. The van der Waals surface area contributed by atoms with E-state index in [-0.39, 0.29) is 10.8 Å². The molecule has 8 aliphatic carbocycles. The first-order chi connectivity index (χ1) is 28.6. The highest BCUT2D eigenvalue weighted by Gasteiger charge is 2.53. The van der Waals surface area contributed by atoms with E-state index < -0.39 is 0 Å². The average Bonchev–Trinajstić information content (AvgIpc) is 3.19. The Morgan fingerprint density at radius 3 is 1.10 bits per heavy atom. The lowest BCUT2D eigenvalue weighted by Crippen LogP contribution is -2.48. The highest BCUT2D eigenvalue weighted by Crippen LogP contribution is 2.63. The van der Waals surface area contributed by atoms with Gasteiger partial charge in [0.15, 0.2) is 0 Å². The van der Waals surface area contributed by atoms with Crippen LogP contribution in [0.2, 0.25) is 0 Å². The minimum absolute atomic E-state index is 0.0670. The van der Waals surface area contributed by atoms with E-state index in [1.54, 1.807) is 11.1 Å². The summed E-state index contributed by atoms with van der Waals surface area (Å²) in [7, 11) is 0. The van der Waals surface area contributed by atoms with Gasteiger partial charge in [-0.1, -0.05) is 119 Å². The van der Waals surface area contributed by atoms with E-state index in [0.29, 0.717) is 10.8 Å². The van der Waals surface area contributed by atoms with Crippen molar-refractivity contribution in [2.75, 3.05) is 0 Å². The first-order valence-electron chi connectivity index (χ1n) is 24.1. The third kappa shape index (κ3) is 6.75. The molecule has 1 aromatic heterocycles. The zero-order valence-corrected chi connectivity index (χ0v) is 38.1. The number of aryl methyl sites for hydroxylation is 2. The lowest BCUT2D eigenvalue weighted by molar-refractivity contribution is -0.00534. The van der Waals surface area contributed by atoms with Crippen molar-refractivity contribution in [3.8, 4) is 44.8 Å². The number of pyridine rings is 1. The molecule has 0 aliphatic heterocycles. The van der Waals surface area contributed by atoms with Gasteiger partial charge in [0.25, 0.3) is 0 Å². The predicted octanol–water partition coefficient (Wildman–Crippen LogP) is 15.9. The monoisotopic (exact) mass is 792 g/mol. The van der Waals surface area contributed by atoms with Gasteiger partial charge in [0.05, 0.1) is 11.4 Å². The number of hydrogen-bond acceptors (Lipinski definition) is 1. The first kappa shape index (κ1) is 38.9. The lowest BCUT2D eigenvalue weighted by atomic mass is 9.48. The summed E-state index contributed by atoms with van der Waals surface area (Å²) in [6.45, 7) is 18.9. The van der Waals surface area contributed by atoms with Gasteiger partial charge in [-0.2, -0.15) is 0 Å². The van der Waals surface area contributed by atoms with Crippen LogP contribution in [-0.4, -0.2) is 4.98 Å². The molecule has 8 fully saturated rings. The Balaban J connectivity index is 1.02. The van der Waals surface area contributed by atoms with Crippen molar-refractivity contribution in [1.29, 1.82) is 0 Å². The molecule has 0 spiro atoms. The Bertz CT molecular complexity index is 2260. The normalized spacial score (nSPS) is 30.3. The Labute approximate surface area is 362 Å². The van der Waals surface area contributed by atoms with Gasteiger partial charge in [0, 0.05) is 11.1 Å². The van der Waals surface area contributed by atoms with E-state index in [0.717, 1.165) is 46.9 Å². The zero-order valence-electron chi connectivity index (χ0n) is 38.1. The predicted molar refractivity (Wildman–Crippen MR) is 253 cm³/mol. The molecule has 0 saturated heterocycles. The second-order valence-corrected chi connectivity index (χ2v) is 24.0. The van der Waals surface area contributed by atoms with E-state index in [4.69, 9.17) is 4.98 Å². The molecule has 0 N–H and O–H groups in total. The number of benzene rings is 4. The molecule has 8 bridgehead atoms. The summed E-state index contributed by atoms with van der Waals surface area (Å²) in [6.07, 6.45) is 17.2. The number of aromatic nitrogens is 1. The molecule has 4 aromatic carbocycles. The van der Waals surface area contributed by atoms with Crippen LogP contribution in [0.3, 0.4) is 0 Å². The van der Waals surface area contributed by atoms with Crippen molar-refractivity contribution in [3.05, 3.63) is 124 Å². The molecule has 0 atom stereocenters. The molecule has 0 radical (unpaired) electrons. The van der Waals surface area contributed by atoms with Gasteiger partial charge in [-0.25, -0.2) is 4.98 Å². The van der Waals surface area contributed by atoms with Crippen LogP contribution in [0.1, 0.15) is 152 Å². The van der Waals surface area contributed by atoms with Crippen molar-refractivity contribution in [3.63, 3.8) is 0 Å². The summed E-state index contributed by atoms with van der Waals surface area (Å²) in [5.41, 5.74) is 19.5. The molecule has 1 heterocycles. The van der Waals surface area contributed by atoms with Crippen LogP contribution < -0.4 is 0 Å². The van der Waals surface area contributed by atoms with E-state index in [2.05, 4.69) is 146 Å². The van der Waals surface area contributed by atoms with E-state index in [1.807, 2.05) is 0 Å². The van der Waals surface area contributed by atoms with Crippen LogP contribution in [0, 0.1) is 49.4 Å². The topological polar surface area (TPSA) is 12.9 Å². The molecule has 310 valence electrons. The minimum atomic E-state index is 0.0670. The van der Waals surface area contributed by atoms with Gasteiger partial charge in [0.2, 0.25) is 0 Å². The molecular weight excluding hydrogens is 723 g/mol. The van der Waals surface area contributed by atoms with E-state index in [1.165, 1.54) is 133 Å². The van der Waals surface area contributed by atoms with Gasteiger partial charge in [-0.05, 0) is 217 Å². The highest BCUT2D eigenvalue weighted by molar-refractivity contribution is 5.87. The summed E-state index contributed by atoms with van der Waals surface area (Å²) >= 11 is 0. The van der Waals surface area contributed by atoms with Crippen molar-refractivity contribution < 1.29 is 0 Å². The number of rotatable bonds is 6. The summed E-state index contributed by atoms with van der Waals surface area (Å²) in [5.74, 6) is 5.53. The molecule has 13 rings (SSSR count). The Morgan fingerprint density at radius 2 is 0.767 bits per heavy atom. The number of hydrogen-bond donors (Lipinski definition) is 0. The lowest BCUT2D eigenvalue weighted by Gasteiger charge is -2.57. The summed E-state index contributed by atoms with van der Waals surface area (Å²) < 4.78 is 0. The van der Waals surface area contributed by atoms with Crippen LogP contribution in [0.15, 0.2) is 91.0 Å². The molecule has 8 saturated carbocycles. The summed E-state index contributed by atoms with van der Waals surface area (Å²) in [5, 5.41) is 0. The third-order valence-corrected chi connectivity index (χ3v) is 17.2. The maximum Gasteiger partial charge on any atom is 0.0715 e. The maximum atomic E-state index is 5.66. The molecule has 1 heteroatoms. The van der Waals surface area contributed by atoms with E-state index in [9.17, 15) is 0 Å². The Hall–Kier alpha value is -3.97. The van der Waals surface area contributed by atoms with Crippen LogP contribution in [0.4, 0.5) is 0 Å². The fourth-order valence-corrected chi connectivity index (χ4v) is 15.0. The minimum Gasteiger partial charge on any atom is -0.248 e. The summed E-state index contributed by atoms with van der Waals surface area (Å²) in [6, 6.07) is 36.6. The molecule has 8 aliphatic rings.